The van der Waals surface area contributed by atoms with Crippen molar-refractivity contribution in [3.05, 3.63) is 29.8 Å². The van der Waals surface area contributed by atoms with Crippen LogP contribution < -0.4 is 16.4 Å². The summed E-state index contributed by atoms with van der Waals surface area (Å²) in [5, 5.41) is 6.15. The Labute approximate surface area is 127 Å². The molecule has 2 unspecified atom stereocenters. The molecule has 21 heavy (non-hydrogen) atoms. The minimum atomic E-state index is -0.550. The Morgan fingerprint density at radius 2 is 1.86 bits per heavy atom. The lowest BCUT2D eigenvalue weighted by molar-refractivity contribution is 0.104. The third-order valence-electron chi connectivity index (χ3n) is 3.45. The topological polar surface area (TPSA) is 76.4 Å². The second-order valence-corrected chi connectivity index (χ2v) is 5.51. The monoisotopic (exact) mass is 293 g/mol. The SMILES string of the molecule is CCOCC(NC(C)c1ccc(NC(N)=O)cc1)C(C)C. The van der Waals surface area contributed by atoms with Crippen molar-refractivity contribution in [2.24, 2.45) is 11.7 Å². The summed E-state index contributed by atoms with van der Waals surface area (Å²) in [6.07, 6.45) is 0. The molecule has 0 saturated heterocycles. The highest BCUT2D eigenvalue weighted by Gasteiger charge is 2.16. The number of carbonyl (C=O) groups excluding carboxylic acids is 1. The summed E-state index contributed by atoms with van der Waals surface area (Å²) in [4.78, 5) is 10.8. The summed E-state index contributed by atoms with van der Waals surface area (Å²) in [5.74, 6) is 0.495. The fraction of sp³-hybridized carbons (Fsp3) is 0.562. The molecule has 0 heterocycles. The van der Waals surface area contributed by atoms with E-state index < -0.39 is 6.03 Å². The smallest absolute Gasteiger partial charge is 0.316 e. The standard InChI is InChI=1S/C16H27N3O2/c1-5-21-10-15(11(2)3)18-12(4)13-6-8-14(9-7-13)19-16(17)20/h6-9,11-12,15,18H,5,10H2,1-4H3,(H3,17,19,20). The Kier molecular flexibility index (Phi) is 7.19. The van der Waals surface area contributed by atoms with Gasteiger partial charge in [0.1, 0.15) is 0 Å². The highest BCUT2D eigenvalue weighted by Crippen LogP contribution is 2.18. The van der Waals surface area contributed by atoms with E-state index in [2.05, 4.69) is 31.4 Å². The number of hydrogen-bond donors (Lipinski definition) is 3. The summed E-state index contributed by atoms with van der Waals surface area (Å²) in [7, 11) is 0. The fourth-order valence-corrected chi connectivity index (χ4v) is 2.09. The van der Waals surface area contributed by atoms with E-state index in [0.717, 1.165) is 12.2 Å². The third kappa shape index (κ3) is 6.14. The molecule has 0 aliphatic rings. The molecule has 0 radical (unpaired) electrons. The highest BCUT2D eigenvalue weighted by atomic mass is 16.5. The molecule has 2 atom stereocenters. The lowest BCUT2D eigenvalue weighted by Gasteiger charge is -2.26. The summed E-state index contributed by atoms with van der Waals surface area (Å²) < 4.78 is 5.53. The Bertz CT molecular complexity index is 432. The number of urea groups is 1. The molecule has 0 aliphatic heterocycles. The Balaban J connectivity index is 2.64. The van der Waals surface area contributed by atoms with E-state index in [4.69, 9.17) is 10.5 Å². The van der Waals surface area contributed by atoms with Crippen molar-refractivity contribution in [3.8, 4) is 0 Å². The molecule has 5 heteroatoms. The molecule has 118 valence electrons. The van der Waals surface area contributed by atoms with Gasteiger partial charge in [-0.05, 0) is 37.5 Å². The van der Waals surface area contributed by atoms with Crippen LogP contribution in [-0.4, -0.2) is 25.3 Å². The van der Waals surface area contributed by atoms with Gasteiger partial charge in [0.2, 0.25) is 0 Å². The van der Waals surface area contributed by atoms with Crippen LogP contribution >= 0.6 is 0 Å². The first-order chi connectivity index (χ1) is 9.93. The van der Waals surface area contributed by atoms with Crippen LogP contribution in [0.5, 0.6) is 0 Å². The average Bonchev–Trinajstić information content (AvgIpc) is 2.43. The van der Waals surface area contributed by atoms with Crippen LogP contribution in [0.15, 0.2) is 24.3 Å². The second kappa shape index (κ2) is 8.64. The molecule has 0 fully saturated rings. The van der Waals surface area contributed by atoms with E-state index in [1.54, 1.807) is 0 Å². The lowest BCUT2D eigenvalue weighted by Crippen LogP contribution is -2.39. The van der Waals surface area contributed by atoms with Crippen molar-refractivity contribution in [1.82, 2.24) is 5.32 Å². The molecule has 5 nitrogen and oxygen atoms in total. The van der Waals surface area contributed by atoms with Crippen LogP contribution in [-0.2, 0) is 4.74 Å². The van der Waals surface area contributed by atoms with E-state index in [-0.39, 0.29) is 6.04 Å². The largest absolute Gasteiger partial charge is 0.380 e. The maximum Gasteiger partial charge on any atom is 0.316 e. The van der Waals surface area contributed by atoms with Crippen LogP contribution in [0, 0.1) is 5.92 Å². The third-order valence-corrected chi connectivity index (χ3v) is 3.45. The number of benzene rings is 1. The lowest BCUT2D eigenvalue weighted by atomic mass is 10.0. The summed E-state index contributed by atoms with van der Waals surface area (Å²) >= 11 is 0. The first-order valence-electron chi connectivity index (χ1n) is 7.44. The van der Waals surface area contributed by atoms with Crippen molar-refractivity contribution in [3.63, 3.8) is 0 Å². The van der Waals surface area contributed by atoms with Gasteiger partial charge < -0.3 is 21.1 Å². The summed E-state index contributed by atoms with van der Waals surface area (Å²) in [6, 6.07) is 7.65. The molecule has 0 spiro atoms. The van der Waals surface area contributed by atoms with Gasteiger partial charge in [-0.3, -0.25) is 0 Å². The summed E-state index contributed by atoms with van der Waals surface area (Å²) in [6.45, 7) is 9.93. The second-order valence-electron chi connectivity index (χ2n) is 5.51. The van der Waals surface area contributed by atoms with Crippen LogP contribution in [0.25, 0.3) is 0 Å². The molecule has 0 aromatic heterocycles. The highest BCUT2D eigenvalue weighted by molar-refractivity contribution is 5.87. The first kappa shape index (κ1) is 17.5. The van der Waals surface area contributed by atoms with Gasteiger partial charge >= 0.3 is 6.03 Å². The predicted octanol–water partition coefficient (Wildman–Crippen LogP) is 2.89. The van der Waals surface area contributed by atoms with Gasteiger partial charge in [-0.25, -0.2) is 4.79 Å². The Hall–Kier alpha value is -1.59. The van der Waals surface area contributed by atoms with Crippen LogP contribution in [0.1, 0.15) is 39.3 Å². The number of hydrogen-bond acceptors (Lipinski definition) is 3. The minimum absolute atomic E-state index is 0.209. The zero-order valence-electron chi connectivity index (χ0n) is 13.3. The van der Waals surface area contributed by atoms with Crippen molar-refractivity contribution in [2.75, 3.05) is 18.5 Å². The van der Waals surface area contributed by atoms with E-state index in [1.165, 1.54) is 0 Å². The van der Waals surface area contributed by atoms with Crippen LogP contribution in [0.4, 0.5) is 10.5 Å². The van der Waals surface area contributed by atoms with Gasteiger partial charge in [-0.1, -0.05) is 26.0 Å². The van der Waals surface area contributed by atoms with E-state index in [0.29, 0.717) is 24.3 Å². The van der Waals surface area contributed by atoms with E-state index >= 15 is 0 Å². The quantitative estimate of drug-likeness (QED) is 0.689. The molecule has 2 amide bonds. The first-order valence-corrected chi connectivity index (χ1v) is 7.44. The van der Waals surface area contributed by atoms with Crippen molar-refractivity contribution in [1.29, 1.82) is 0 Å². The van der Waals surface area contributed by atoms with Crippen molar-refractivity contribution >= 4 is 11.7 Å². The zero-order chi connectivity index (χ0) is 15.8. The average molecular weight is 293 g/mol. The normalized spacial score (nSPS) is 14.0. The van der Waals surface area contributed by atoms with Crippen LogP contribution in [0.3, 0.4) is 0 Å². The molecule has 1 rings (SSSR count). The summed E-state index contributed by atoms with van der Waals surface area (Å²) in [5.41, 5.74) is 6.95. The number of rotatable bonds is 8. The van der Waals surface area contributed by atoms with Crippen molar-refractivity contribution < 1.29 is 9.53 Å². The maximum absolute atomic E-state index is 10.8. The molecule has 1 aromatic rings. The molecule has 0 saturated carbocycles. The van der Waals surface area contributed by atoms with Gasteiger partial charge in [-0.15, -0.1) is 0 Å². The van der Waals surface area contributed by atoms with E-state index in [9.17, 15) is 4.79 Å². The van der Waals surface area contributed by atoms with Gasteiger partial charge in [0, 0.05) is 24.4 Å². The number of ether oxygens (including phenoxy) is 1. The molecule has 1 aromatic carbocycles. The molecular formula is C16H27N3O2. The number of nitrogens with one attached hydrogen (secondary N) is 2. The number of carbonyl (C=O) groups is 1. The number of anilines is 1. The number of primary amides is 1. The fourth-order valence-electron chi connectivity index (χ4n) is 2.09. The minimum Gasteiger partial charge on any atom is -0.380 e. The molecule has 4 N–H and O–H groups in total. The number of nitrogens with two attached hydrogens (primary N) is 1. The molecular weight excluding hydrogens is 266 g/mol. The number of amides is 2. The van der Waals surface area contributed by atoms with Gasteiger partial charge in [0.05, 0.1) is 6.61 Å². The molecule has 0 aliphatic carbocycles. The maximum atomic E-state index is 10.8. The van der Waals surface area contributed by atoms with Gasteiger partial charge in [-0.2, -0.15) is 0 Å². The zero-order valence-corrected chi connectivity index (χ0v) is 13.3. The van der Waals surface area contributed by atoms with Gasteiger partial charge in [0.15, 0.2) is 0 Å². The van der Waals surface area contributed by atoms with Gasteiger partial charge in [0.25, 0.3) is 0 Å². The molecule has 0 bridgehead atoms. The Morgan fingerprint density at radius 3 is 2.33 bits per heavy atom. The van der Waals surface area contributed by atoms with Crippen molar-refractivity contribution in [2.45, 2.75) is 39.8 Å². The van der Waals surface area contributed by atoms with E-state index in [1.807, 2.05) is 31.2 Å². The Morgan fingerprint density at radius 1 is 1.24 bits per heavy atom. The predicted molar refractivity (Wildman–Crippen MR) is 86.3 cm³/mol. The van der Waals surface area contributed by atoms with Crippen LogP contribution in [0.2, 0.25) is 0 Å².